The summed E-state index contributed by atoms with van der Waals surface area (Å²) in [7, 11) is -3.76. The first-order valence-electron chi connectivity index (χ1n) is 7.53. The van der Waals surface area contributed by atoms with Crippen molar-refractivity contribution in [1.82, 2.24) is 5.32 Å². The van der Waals surface area contributed by atoms with Gasteiger partial charge < -0.3 is 10.1 Å². The van der Waals surface area contributed by atoms with E-state index in [-0.39, 0.29) is 17.3 Å². The number of ether oxygens (including phenoxy) is 1. The van der Waals surface area contributed by atoms with Gasteiger partial charge in [0.05, 0.1) is 11.5 Å². The van der Waals surface area contributed by atoms with Crippen molar-refractivity contribution in [2.75, 3.05) is 6.61 Å². The summed E-state index contributed by atoms with van der Waals surface area (Å²) in [5.74, 6) is 0.374. The van der Waals surface area contributed by atoms with Gasteiger partial charge in [0.25, 0.3) is 5.91 Å². The average molecular weight is 348 g/mol. The monoisotopic (exact) mass is 348 g/mol. The van der Waals surface area contributed by atoms with Gasteiger partial charge in [-0.3, -0.25) is 4.79 Å². The minimum Gasteiger partial charge on any atom is -0.494 e. The Bertz CT molecular complexity index is 819. The number of carbonyl (C=O) groups excluding carboxylic acids is 1. The van der Waals surface area contributed by atoms with Crippen molar-refractivity contribution in [3.05, 3.63) is 59.7 Å². The predicted octanol–water partition coefficient (Wildman–Crippen LogP) is 2.05. The standard InChI is InChI=1S/C17H20N2O4S/c1-2-9-23-15-7-4-6-14(11-15)17(20)19-12-13-5-3-8-16(10-13)24(18,21)22/h3-8,10-11H,2,9,12H2,1H3,(H,19,20)(H2,18,21,22). The third-order valence-corrected chi connectivity index (χ3v) is 4.16. The Hall–Kier alpha value is -2.38. The van der Waals surface area contributed by atoms with Crippen LogP contribution in [0.2, 0.25) is 0 Å². The van der Waals surface area contributed by atoms with Crippen molar-refractivity contribution < 1.29 is 17.9 Å². The van der Waals surface area contributed by atoms with Gasteiger partial charge in [0.2, 0.25) is 10.0 Å². The lowest BCUT2D eigenvalue weighted by Crippen LogP contribution is -2.23. The Morgan fingerprint density at radius 2 is 1.92 bits per heavy atom. The van der Waals surface area contributed by atoms with Gasteiger partial charge in [-0.2, -0.15) is 0 Å². The van der Waals surface area contributed by atoms with E-state index >= 15 is 0 Å². The van der Waals surface area contributed by atoms with E-state index in [1.807, 2.05) is 6.92 Å². The molecule has 0 unspecified atom stereocenters. The van der Waals surface area contributed by atoms with Gasteiger partial charge in [-0.25, -0.2) is 13.6 Å². The van der Waals surface area contributed by atoms with Crippen LogP contribution < -0.4 is 15.2 Å². The molecule has 24 heavy (non-hydrogen) atoms. The molecule has 0 atom stereocenters. The van der Waals surface area contributed by atoms with Crippen LogP contribution >= 0.6 is 0 Å². The summed E-state index contributed by atoms with van der Waals surface area (Å²) >= 11 is 0. The van der Waals surface area contributed by atoms with Crippen LogP contribution in [0.4, 0.5) is 0 Å². The van der Waals surface area contributed by atoms with Gasteiger partial charge in [-0.15, -0.1) is 0 Å². The fourth-order valence-corrected chi connectivity index (χ4v) is 2.65. The van der Waals surface area contributed by atoms with Gasteiger partial charge in [-0.05, 0) is 42.3 Å². The highest BCUT2D eigenvalue weighted by Crippen LogP contribution is 2.14. The number of carbonyl (C=O) groups is 1. The van der Waals surface area contributed by atoms with Crippen LogP contribution in [0, 0.1) is 0 Å². The predicted molar refractivity (Wildman–Crippen MR) is 91.2 cm³/mol. The normalized spacial score (nSPS) is 11.1. The van der Waals surface area contributed by atoms with Crippen LogP contribution in [-0.2, 0) is 16.6 Å². The SMILES string of the molecule is CCCOc1cccc(C(=O)NCc2cccc(S(N)(=O)=O)c2)c1. The zero-order chi connectivity index (χ0) is 17.6. The topological polar surface area (TPSA) is 98.5 Å². The maximum atomic E-state index is 12.2. The van der Waals surface area contributed by atoms with E-state index in [9.17, 15) is 13.2 Å². The number of hydrogen-bond donors (Lipinski definition) is 2. The lowest BCUT2D eigenvalue weighted by atomic mass is 10.2. The van der Waals surface area contributed by atoms with Crippen LogP contribution in [-0.4, -0.2) is 20.9 Å². The Kier molecular flexibility index (Phi) is 5.94. The van der Waals surface area contributed by atoms with E-state index in [1.54, 1.807) is 36.4 Å². The van der Waals surface area contributed by atoms with E-state index in [0.29, 0.717) is 23.5 Å². The first-order chi connectivity index (χ1) is 11.4. The van der Waals surface area contributed by atoms with Crippen molar-refractivity contribution in [3.8, 4) is 5.75 Å². The first-order valence-corrected chi connectivity index (χ1v) is 9.07. The Balaban J connectivity index is 2.03. The van der Waals surface area contributed by atoms with Gasteiger partial charge in [0.15, 0.2) is 0 Å². The average Bonchev–Trinajstić information content (AvgIpc) is 2.57. The van der Waals surface area contributed by atoms with Crippen LogP contribution in [0.5, 0.6) is 5.75 Å². The second-order valence-corrected chi connectivity index (χ2v) is 6.81. The Morgan fingerprint density at radius 3 is 2.62 bits per heavy atom. The summed E-state index contributed by atoms with van der Waals surface area (Å²) in [6.07, 6.45) is 0.886. The van der Waals surface area contributed by atoms with E-state index in [2.05, 4.69) is 5.32 Å². The van der Waals surface area contributed by atoms with Gasteiger partial charge >= 0.3 is 0 Å². The molecule has 128 valence electrons. The third-order valence-electron chi connectivity index (χ3n) is 3.25. The highest BCUT2D eigenvalue weighted by atomic mass is 32.2. The molecule has 2 rings (SSSR count). The number of nitrogens with two attached hydrogens (primary N) is 1. The smallest absolute Gasteiger partial charge is 0.251 e. The molecule has 0 aromatic heterocycles. The van der Waals surface area contributed by atoms with Gasteiger partial charge in [-0.1, -0.05) is 25.1 Å². The van der Waals surface area contributed by atoms with Crippen LogP contribution in [0.25, 0.3) is 0 Å². The largest absolute Gasteiger partial charge is 0.494 e. The van der Waals surface area contributed by atoms with Crippen LogP contribution in [0.1, 0.15) is 29.3 Å². The van der Waals surface area contributed by atoms with Crippen molar-refractivity contribution in [2.45, 2.75) is 24.8 Å². The van der Waals surface area contributed by atoms with E-state index in [1.165, 1.54) is 12.1 Å². The number of sulfonamides is 1. The molecule has 1 amide bonds. The maximum Gasteiger partial charge on any atom is 0.251 e. The minimum atomic E-state index is -3.76. The molecular formula is C17H20N2O4S. The number of rotatable bonds is 7. The zero-order valence-electron chi connectivity index (χ0n) is 13.4. The fourth-order valence-electron chi connectivity index (χ4n) is 2.06. The van der Waals surface area contributed by atoms with Crippen molar-refractivity contribution >= 4 is 15.9 Å². The molecule has 6 nitrogen and oxygen atoms in total. The number of amides is 1. The van der Waals surface area contributed by atoms with E-state index < -0.39 is 10.0 Å². The Morgan fingerprint density at radius 1 is 1.17 bits per heavy atom. The quantitative estimate of drug-likeness (QED) is 0.800. The molecule has 0 saturated heterocycles. The van der Waals surface area contributed by atoms with Crippen molar-refractivity contribution in [2.24, 2.45) is 5.14 Å². The molecular weight excluding hydrogens is 328 g/mol. The van der Waals surface area contributed by atoms with Gasteiger partial charge in [0, 0.05) is 12.1 Å². The summed E-state index contributed by atoms with van der Waals surface area (Å²) < 4.78 is 28.2. The zero-order valence-corrected chi connectivity index (χ0v) is 14.2. The molecule has 0 heterocycles. The lowest BCUT2D eigenvalue weighted by Gasteiger charge is -2.09. The second kappa shape index (κ2) is 7.94. The molecule has 0 bridgehead atoms. The molecule has 2 aromatic carbocycles. The summed E-state index contributed by atoms with van der Waals surface area (Å²) in [5, 5.41) is 7.85. The minimum absolute atomic E-state index is 0.0178. The molecule has 0 saturated carbocycles. The molecule has 0 aliphatic heterocycles. The second-order valence-electron chi connectivity index (χ2n) is 5.25. The molecule has 7 heteroatoms. The molecule has 0 radical (unpaired) electrons. The van der Waals surface area contributed by atoms with Crippen molar-refractivity contribution in [3.63, 3.8) is 0 Å². The first kappa shape index (κ1) is 18.0. The number of benzene rings is 2. The molecule has 0 aliphatic carbocycles. The molecule has 0 fully saturated rings. The van der Waals surface area contributed by atoms with Gasteiger partial charge in [0.1, 0.15) is 5.75 Å². The fraction of sp³-hybridized carbons (Fsp3) is 0.235. The highest BCUT2D eigenvalue weighted by Gasteiger charge is 2.10. The summed E-state index contributed by atoms with van der Waals surface area (Å²) in [4.78, 5) is 12.2. The number of primary sulfonamides is 1. The number of hydrogen-bond acceptors (Lipinski definition) is 4. The summed E-state index contributed by atoms with van der Waals surface area (Å²) in [6, 6.07) is 13.1. The van der Waals surface area contributed by atoms with Crippen molar-refractivity contribution in [1.29, 1.82) is 0 Å². The van der Waals surface area contributed by atoms with Crippen LogP contribution in [0.15, 0.2) is 53.4 Å². The summed E-state index contributed by atoms with van der Waals surface area (Å²) in [6.45, 7) is 2.79. The van der Waals surface area contributed by atoms with E-state index in [0.717, 1.165) is 6.42 Å². The highest BCUT2D eigenvalue weighted by molar-refractivity contribution is 7.89. The van der Waals surface area contributed by atoms with Crippen LogP contribution in [0.3, 0.4) is 0 Å². The summed E-state index contributed by atoms with van der Waals surface area (Å²) in [5.41, 5.74) is 1.12. The molecule has 2 aromatic rings. The van der Waals surface area contributed by atoms with E-state index in [4.69, 9.17) is 9.88 Å². The Labute approximate surface area is 141 Å². The molecule has 0 spiro atoms. The maximum absolute atomic E-state index is 12.2. The molecule has 3 N–H and O–H groups in total. The molecule has 0 aliphatic rings. The lowest BCUT2D eigenvalue weighted by molar-refractivity contribution is 0.0950. The third kappa shape index (κ3) is 5.07. The number of nitrogens with one attached hydrogen (secondary N) is 1.